The topological polar surface area (TPSA) is 90.9 Å². The van der Waals surface area contributed by atoms with Crippen molar-refractivity contribution in [3.63, 3.8) is 0 Å². The molecule has 0 unspecified atom stereocenters. The van der Waals surface area contributed by atoms with E-state index in [2.05, 4.69) is 20.3 Å². The number of aromatic hydroxyl groups is 1. The lowest BCUT2D eigenvalue weighted by atomic mass is 10.1. The van der Waals surface area contributed by atoms with Gasteiger partial charge in [0.25, 0.3) is 5.91 Å². The van der Waals surface area contributed by atoms with E-state index in [0.29, 0.717) is 29.2 Å². The number of carbonyl (C=O) groups is 1. The Morgan fingerprint density at radius 2 is 2.12 bits per heavy atom. The van der Waals surface area contributed by atoms with Gasteiger partial charge in [-0.05, 0) is 30.7 Å². The second kappa shape index (κ2) is 5.49. The number of hydrogen-bond donors (Lipinski definition) is 3. The van der Waals surface area contributed by atoms with Gasteiger partial charge in [-0.15, -0.1) is 0 Å². The fraction of sp³-hybridized carbons (Fsp3) is 0.167. The Morgan fingerprint density at radius 1 is 1.25 bits per heavy atom. The van der Waals surface area contributed by atoms with Gasteiger partial charge in [0, 0.05) is 24.9 Å². The lowest BCUT2D eigenvalue weighted by Crippen LogP contribution is -2.31. The van der Waals surface area contributed by atoms with Crippen molar-refractivity contribution < 1.29 is 9.90 Å². The first-order valence-electron chi connectivity index (χ1n) is 7.76. The SMILES string of the molecule is Cc1cccc(O)c1-c1nccc(-c2cc3c([nH]2)CCNC3=O)n1. The quantitative estimate of drug-likeness (QED) is 0.676. The molecule has 6 nitrogen and oxygen atoms in total. The maximum atomic E-state index is 11.9. The molecule has 1 aliphatic heterocycles. The molecule has 0 radical (unpaired) electrons. The van der Waals surface area contributed by atoms with Gasteiger partial charge in [0.2, 0.25) is 0 Å². The van der Waals surface area contributed by atoms with Crippen LogP contribution < -0.4 is 5.32 Å². The number of phenols is 1. The molecular formula is C18H16N4O2. The van der Waals surface area contributed by atoms with Gasteiger partial charge >= 0.3 is 0 Å². The summed E-state index contributed by atoms with van der Waals surface area (Å²) in [4.78, 5) is 24.0. The summed E-state index contributed by atoms with van der Waals surface area (Å²) in [6, 6.07) is 8.91. The lowest BCUT2D eigenvalue weighted by Gasteiger charge is -2.11. The first-order chi connectivity index (χ1) is 11.6. The van der Waals surface area contributed by atoms with E-state index in [1.807, 2.05) is 19.1 Å². The van der Waals surface area contributed by atoms with Crippen LogP contribution in [0.4, 0.5) is 0 Å². The van der Waals surface area contributed by atoms with Gasteiger partial charge < -0.3 is 15.4 Å². The minimum absolute atomic E-state index is 0.0652. The number of aryl methyl sites for hydroxylation is 1. The molecular weight excluding hydrogens is 304 g/mol. The minimum atomic E-state index is -0.0652. The summed E-state index contributed by atoms with van der Waals surface area (Å²) in [5.41, 5.74) is 4.56. The molecule has 0 fully saturated rings. The van der Waals surface area contributed by atoms with Crippen LogP contribution in [0.5, 0.6) is 5.75 Å². The Bertz CT molecular complexity index is 926. The number of aromatic amines is 1. The number of rotatable bonds is 2. The zero-order chi connectivity index (χ0) is 16.7. The average molecular weight is 320 g/mol. The van der Waals surface area contributed by atoms with Crippen LogP contribution in [0.3, 0.4) is 0 Å². The Balaban J connectivity index is 1.80. The molecule has 24 heavy (non-hydrogen) atoms. The standard InChI is InChI=1S/C18H16N4O2/c1-10-3-2-4-15(23)16(10)17-19-7-6-13(22-17)14-9-11-12(21-14)5-8-20-18(11)24/h2-4,6-7,9,21,23H,5,8H2,1H3,(H,20,24). The van der Waals surface area contributed by atoms with Gasteiger partial charge in [0.05, 0.1) is 22.5 Å². The Kier molecular flexibility index (Phi) is 3.30. The zero-order valence-electron chi connectivity index (χ0n) is 13.1. The Hall–Kier alpha value is -3.15. The molecule has 4 rings (SSSR count). The van der Waals surface area contributed by atoms with Gasteiger partial charge in [0.1, 0.15) is 5.75 Å². The van der Waals surface area contributed by atoms with Gasteiger partial charge in [-0.2, -0.15) is 0 Å². The highest BCUT2D eigenvalue weighted by Crippen LogP contribution is 2.31. The van der Waals surface area contributed by atoms with Crippen LogP contribution in [-0.4, -0.2) is 32.5 Å². The zero-order valence-corrected chi connectivity index (χ0v) is 13.1. The number of nitrogens with one attached hydrogen (secondary N) is 2. The molecule has 1 amide bonds. The first kappa shape index (κ1) is 14.4. The third-order valence-corrected chi connectivity index (χ3v) is 4.21. The smallest absolute Gasteiger partial charge is 0.253 e. The molecule has 0 saturated heterocycles. The van der Waals surface area contributed by atoms with Crippen molar-refractivity contribution in [2.24, 2.45) is 0 Å². The van der Waals surface area contributed by atoms with E-state index in [1.165, 1.54) is 0 Å². The summed E-state index contributed by atoms with van der Waals surface area (Å²) < 4.78 is 0. The summed E-state index contributed by atoms with van der Waals surface area (Å²) in [5.74, 6) is 0.544. The summed E-state index contributed by atoms with van der Waals surface area (Å²) in [6.07, 6.45) is 2.43. The lowest BCUT2D eigenvalue weighted by molar-refractivity contribution is 0.0946. The van der Waals surface area contributed by atoms with Crippen LogP contribution in [0.1, 0.15) is 21.6 Å². The van der Waals surface area contributed by atoms with Crippen molar-refractivity contribution in [1.82, 2.24) is 20.3 Å². The van der Waals surface area contributed by atoms with Gasteiger partial charge in [-0.1, -0.05) is 12.1 Å². The van der Waals surface area contributed by atoms with E-state index in [-0.39, 0.29) is 11.7 Å². The van der Waals surface area contributed by atoms with Crippen molar-refractivity contribution in [2.45, 2.75) is 13.3 Å². The second-order valence-corrected chi connectivity index (χ2v) is 5.82. The van der Waals surface area contributed by atoms with Gasteiger partial charge in [-0.3, -0.25) is 4.79 Å². The molecule has 0 bridgehead atoms. The number of aromatic nitrogens is 3. The Labute approximate surface area is 138 Å². The molecule has 0 aliphatic carbocycles. The molecule has 3 heterocycles. The van der Waals surface area contributed by atoms with Gasteiger partial charge in [-0.25, -0.2) is 9.97 Å². The van der Waals surface area contributed by atoms with Crippen LogP contribution in [0, 0.1) is 6.92 Å². The largest absolute Gasteiger partial charge is 0.507 e. The minimum Gasteiger partial charge on any atom is -0.507 e. The average Bonchev–Trinajstić information content (AvgIpc) is 3.01. The van der Waals surface area contributed by atoms with Crippen molar-refractivity contribution in [3.8, 4) is 28.5 Å². The number of amides is 1. The molecule has 1 aliphatic rings. The van der Waals surface area contributed by atoms with Crippen LogP contribution in [0.2, 0.25) is 0 Å². The molecule has 120 valence electrons. The number of phenolic OH excluding ortho intramolecular Hbond substituents is 1. The summed E-state index contributed by atoms with van der Waals surface area (Å²) >= 11 is 0. The predicted octanol–water partition coefficient (Wildman–Crippen LogP) is 2.44. The van der Waals surface area contributed by atoms with E-state index in [9.17, 15) is 9.90 Å². The third kappa shape index (κ3) is 2.32. The number of hydrogen-bond acceptors (Lipinski definition) is 4. The molecule has 0 saturated carbocycles. The van der Waals surface area contributed by atoms with Gasteiger partial charge in [0.15, 0.2) is 5.82 Å². The molecule has 0 atom stereocenters. The van der Waals surface area contributed by atoms with Crippen molar-refractivity contribution in [3.05, 3.63) is 53.3 Å². The van der Waals surface area contributed by atoms with Crippen molar-refractivity contribution in [2.75, 3.05) is 6.54 Å². The summed E-state index contributed by atoms with van der Waals surface area (Å²) in [7, 11) is 0. The maximum absolute atomic E-state index is 11.9. The van der Waals surface area contributed by atoms with Crippen molar-refractivity contribution in [1.29, 1.82) is 0 Å². The van der Waals surface area contributed by atoms with E-state index < -0.39 is 0 Å². The molecule has 0 spiro atoms. The fourth-order valence-corrected chi connectivity index (χ4v) is 3.00. The van der Waals surface area contributed by atoms with E-state index >= 15 is 0 Å². The Morgan fingerprint density at radius 3 is 2.92 bits per heavy atom. The summed E-state index contributed by atoms with van der Waals surface area (Å²) in [5, 5.41) is 13.0. The molecule has 1 aromatic carbocycles. The number of benzene rings is 1. The predicted molar refractivity (Wildman–Crippen MR) is 89.7 cm³/mol. The van der Waals surface area contributed by atoms with Crippen LogP contribution in [0.15, 0.2) is 36.5 Å². The number of H-pyrrole nitrogens is 1. The summed E-state index contributed by atoms with van der Waals surface area (Å²) in [6.45, 7) is 2.54. The molecule has 2 aromatic heterocycles. The highest BCUT2D eigenvalue weighted by Gasteiger charge is 2.21. The normalized spacial score (nSPS) is 13.5. The number of carbonyl (C=O) groups excluding carboxylic acids is 1. The van der Waals surface area contributed by atoms with Crippen LogP contribution in [0.25, 0.3) is 22.8 Å². The molecule has 3 aromatic rings. The van der Waals surface area contributed by atoms with Crippen LogP contribution >= 0.6 is 0 Å². The molecule has 3 N–H and O–H groups in total. The maximum Gasteiger partial charge on any atom is 0.253 e. The molecule has 6 heteroatoms. The van der Waals surface area contributed by atoms with E-state index in [1.54, 1.807) is 24.4 Å². The highest BCUT2D eigenvalue weighted by molar-refractivity contribution is 5.97. The second-order valence-electron chi connectivity index (χ2n) is 5.82. The van der Waals surface area contributed by atoms with Crippen molar-refractivity contribution >= 4 is 5.91 Å². The van der Waals surface area contributed by atoms with Crippen LogP contribution in [-0.2, 0) is 6.42 Å². The van der Waals surface area contributed by atoms with E-state index in [0.717, 1.165) is 23.4 Å². The number of nitrogens with zero attached hydrogens (tertiary/aromatic N) is 2. The number of fused-ring (bicyclic) bond motifs is 1. The highest BCUT2D eigenvalue weighted by atomic mass is 16.3. The monoisotopic (exact) mass is 320 g/mol. The van der Waals surface area contributed by atoms with E-state index in [4.69, 9.17) is 0 Å². The third-order valence-electron chi connectivity index (χ3n) is 4.21. The first-order valence-corrected chi connectivity index (χ1v) is 7.76. The fourth-order valence-electron chi connectivity index (χ4n) is 3.00.